The zero-order valence-corrected chi connectivity index (χ0v) is 12.7. The van der Waals surface area contributed by atoms with Crippen molar-refractivity contribution in [1.29, 1.82) is 0 Å². The van der Waals surface area contributed by atoms with Crippen LogP contribution in [0.25, 0.3) is 0 Å². The first-order valence-electron chi connectivity index (χ1n) is 6.31. The van der Waals surface area contributed by atoms with Crippen LogP contribution in [0.3, 0.4) is 0 Å². The normalized spacial score (nSPS) is 10.3. The molecule has 1 amide bonds. The lowest BCUT2D eigenvalue weighted by molar-refractivity contribution is 0.102. The van der Waals surface area contributed by atoms with Gasteiger partial charge < -0.3 is 10.6 Å². The number of nitrogens with one attached hydrogen (secondary N) is 2. The number of carbonyl (C=O) groups is 1. The number of carbonyl (C=O) groups excluding carboxylic acids is 1. The molecule has 0 radical (unpaired) electrons. The highest BCUT2D eigenvalue weighted by Crippen LogP contribution is 2.26. The third-order valence-corrected chi connectivity index (χ3v) is 3.53. The molecule has 0 heterocycles. The summed E-state index contributed by atoms with van der Waals surface area (Å²) in [6, 6.07) is 9.07. The molecule has 6 heteroatoms. The van der Waals surface area contributed by atoms with Crippen LogP contribution in [-0.4, -0.2) is 12.5 Å². The first-order chi connectivity index (χ1) is 10.0. The maximum Gasteiger partial charge on any atom is 0.257 e. The molecule has 0 aliphatic carbocycles. The standard InChI is InChI=1S/C15H13Cl2FN2O/c1-2-19-14-10(4-3-5-13(14)18)15(21)20-9-6-7-11(16)12(17)8-9/h3-8,19H,2H2,1H3,(H,20,21). The van der Waals surface area contributed by atoms with Gasteiger partial charge in [0.1, 0.15) is 5.82 Å². The van der Waals surface area contributed by atoms with Crippen LogP contribution in [-0.2, 0) is 0 Å². The van der Waals surface area contributed by atoms with Gasteiger partial charge in [-0.1, -0.05) is 29.3 Å². The van der Waals surface area contributed by atoms with Crippen LogP contribution in [0.15, 0.2) is 36.4 Å². The first kappa shape index (κ1) is 15.6. The van der Waals surface area contributed by atoms with Gasteiger partial charge in [-0.2, -0.15) is 0 Å². The molecular weight excluding hydrogens is 314 g/mol. The van der Waals surface area contributed by atoms with Crippen molar-refractivity contribution in [2.75, 3.05) is 17.2 Å². The molecule has 0 saturated heterocycles. The number of anilines is 2. The van der Waals surface area contributed by atoms with E-state index in [9.17, 15) is 9.18 Å². The van der Waals surface area contributed by atoms with Crippen molar-refractivity contribution in [1.82, 2.24) is 0 Å². The molecule has 0 unspecified atom stereocenters. The van der Waals surface area contributed by atoms with E-state index in [1.807, 2.05) is 6.92 Å². The van der Waals surface area contributed by atoms with Gasteiger partial charge in [0, 0.05) is 12.2 Å². The zero-order chi connectivity index (χ0) is 15.4. The monoisotopic (exact) mass is 326 g/mol. The summed E-state index contributed by atoms with van der Waals surface area (Å²) in [7, 11) is 0. The lowest BCUT2D eigenvalue weighted by Gasteiger charge is -2.12. The number of hydrogen-bond acceptors (Lipinski definition) is 2. The molecule has 2 rings (SSSR count). The minimum absolute atomic E-state index is 0.178. The topological polar surface area (TPSA) is 41.1 Å². The largest absolute Gasteiger partial charge is 0.382 e. The van der Waals surface area contributed by atoms with Gasteiger partial charge in [-0.15, -0.1) is 0 Å². The van der Waals surface area contributed by atoms with Crippen LogP contribution in [0, 0.1) is 5.82 Å². The van der Waals surface area contributed by atoms with Crippen molar-refractivity contribution in [2.24, 2.45) is 0 Å². The molecule has 2 aromatic rings. The van der Waals surface area contributed by atoms with Crippen molar-refractivity contribution < 1.29 is 9.18 Å². The number of benzene rings is 2. The van der Waals surface area contributed by atoms with Crippen molar-refractivity contribution in [2.45, 2.75) is 6.92 Å². The Labute approximate surface area is 132 Å². The summed E-state index contributed by atoms with van der Waals surface area (Å²) in [5, 5.41) is 6.24. The lowest BCUT2D eigenvalue weighted by Crippen LogP contribution is -2.15. The molecular formula is C15H13Cl2FN2O. The predicted octanol–water partition coefficient (Wildman–Crippen LogP) is 4.82. The second kappa shape index (κ2) is 6.78. The maximum absolute atomic E-state index is 13.8. The summed E-state index contributed by atoms with van der Waals surface area (Å²) in [6.45, 7) is 2.33. The highest BCUT2D eigenvalue weighted by atomic mass is 35.5. The number of amides is 1. The summed E-state index contributed by atoms with van der Waals surface area (Å²) in [5.74, 6) is -0.900. The quantitative estimate of drug-likeness (QED) is 0.845. The molecule has 0 saturated carbocycles. The first-order valence-corrected chi connectivity index (χ1v) is 7.07. The number of hydrogen-bond donors (Lipinski definition) is 2. The Morgan fingerprint density at radius 2 is 1.95 bits per heavy atom. The second-order valence-electron chi connectivity index (χ2n) is 4.28. The lowest BCUT2D eigenvalue weighted by atomic mass is 10.1. The predicted molar refractivity (Wildman–Crippen MR) is 85.0 cm³/mol. The van der Waals surface area contributed by atoms with Crippen molar-refractivity contribution in [3.05, 3.63) is 57.8 Å². The molecule has 0 atom stereocenters. The fraction of sp³-hybridized carbons (Fsp3) is 0.133. The van der Waals surface area contributed by atoms with E-state index in [2.05, 4.69) is 10.6 Å². The number of halogens is 3. The number of rotatable bonds is 4. The van der Waals surface area contributed by atoms with Crippen LogP contribution < -0.4 is 10.6 Å². The fourth-order valence-corrected chi connectivity index (χ4v) is 2.14. The van der Waals surface area contributed by atoms with E-state index in [0.29, 0.717) is 22.3 Å². The van der Waals surface area contributed by atoms with E-state index in [1.54, 1.807) is 18.2 Å². The highest BCUT2D eigenvalue weighted by molar-refractivity contribution is 6.42. The van der Waals surface area contributed by atoms with Crippen LogP contribution in [0.1, 0.15) is 17.3 Å². The molecule has 0 fully saturated rings. The smallest absolute Gasteiger partial charge is 0.257 e. The Bertz CT molecular complexity index is 677. The Morgan fingerprint density at radius 1 is 1.19 bits per heavy atom. The molecule has 21 heavy (non-hydrogen) atoms. The molecule has 0 bridgehead atoms. The van der Waals surface area contributed by atoms with Gasteiger partial charge in [0.2, 0.25) is 0 Å². The van der Waals surface area contributed by atoms with E-state index in [0.717, 1.165) is 0 Å². The van der Waals surface area contributed by atoms with Gasteiger partial charge in [0.15, 0.2) is 0 Å². The highest BCUT2D eigenvalue weighted by Gasteiger charge is 2.15. The van der Waals surface area contributed by atoms with Crippen LogP contribution in [0.5, 0.6) is 0 Å². The van der Waals surface area contributed by atoms with Crippen LogP contribution in [0.4, 0.5) is 15.8 Å². The zero-order valence-electron chi connectivity index (χ0n) is 11.2. The van der Waals surface area contributed by atoms with Gasteiger partial charge >= 0.3 is 0 Å². The van der Waals surface area contributed by atoms with Gasteiger partial charge in [0.05, 0.1) is 21.3 Å². The molecule has 0 spiro atoms. The fourth-order valence-electron chi connectivity index (χ4n) is 1.84. The second-order valence-corrected chi connectivity index (χ2v) is 5.09. The average molecular weight is 327 g/mol. The molecule has 0 aliphatic rings. The van der Waals surface area contributed by atoms with E-state index in [-0.39, 0.29) is 11.3 Å². The third kappa shape index (κ3) is 3.65. The van der Waals surface area contributed by atoms with Gasteiger partial charge in [-0.3, -0.25) is 4.79 Å². The molecule has 0 aliphatic heterocycles. The minimum atomic E-state index is -0.473. The van der Waals surface area contributed by atoms with Crippen LogP contribution >= 0.6 is 23.2 Å². The summed E-state index contributed by atoms with van der Waals surface area (Å²) in [4.78, 5) is 12.3. The Hall–Kier alpha value is -1.78. The Kier molecular flexibility index (Phi) is 5.04. The number of para-hydroxylation sites is 1. The maximum atomic E-state index is 13.8. The molecule has 3 nitrogen and oxygen atoms in total. The molecule has 0 aromatic heterocycles. The van der Waals surface area contributed by atoms with Crippen molar-refractivity contribution in [3.63, 3.8) is 0 Å². The molecule has 110 valence electrons. The summed E-state index contributed by atoms with van der Waals surface area (Å²) < 4.78 is 13.8. The van der Waals surface area contributed by atoms with Gasteiger partial charge in [-0.25, -0.2) is 4.39 Å². The summed E-state index contributed by atoms with van der Waals surface area (Å²) >= 11 is 11.7. The summed E-state index contributed by atoms with van der Waals surface area (Å²) in [6.07, 6.45) is 0. The third-order valence-electron chi connectivity index (χ3n) is 2.79. The van der Waals surface area contributed by atoms with Crippen molar-refractivity contribution in [3.8, 4) is 0 Å². The molecule has 2 aromatic carbocycles. The van der Waals surface area contributed by atoms with E-state index >= 15 is 0 Å². The van der Waals surface area contributed by atoms with Gasteiger partial charge in [0.25, 0.3) is 5.91 Å². The average Bonchev–Trinajstić information content (AvgIpc) is 2.45. The Balaban J connectivity index is 2.28. The van der Waals surface area contributed by atoms with Crippen LogP contribution in [0.2, 0.25) is 10.0 Å². The van der Waals surface area contributed by atoms with Gasteiger partial charge in [-0.05, 0) is 37.3 Å². The summed E-state index contributed by atoms with van der Waals surface area (Å²) in [5.41, 5.74) is 0.890. The van der Waals surface area contributed by atoms with Crippen molar-refractivity contribution >= 4 is 40.5 Å². The van der Waals surface area contributed by atoms with E-state index < -0.39 is 11.7 Å². The van der Waals surface area contributed by atoms with E-state index in [4.69, 9.17) is 23.2 Å². The molecule has 2 N–H and O–H groups in total. The Morgan fingerprint density at radius 3 is 2.62 bits per heavy atom. The minimum Gasteiger partial charge on any atom is -0.382 e. The SMILES string of the molecule is CCNc1c(F)cccc1C(=O)Nc1ccc(Cl)c(Cl)c1. The van der Waals surface area contributed by atoms with E-state index in [1.165, 1.54) is 18.2 Å².